The minimum Gasteiger partial charge on any atom is -0.333 e. The molecule has 1 atom stereocenters. The maximum atomic E-state index is 12.7. The highest BCUT2D eigenvalue weighted by Crippen LogP contribution is 2.34. The van der Waals surface area contributed by atoms with Gasteiger partial charge in [0.2, 0.25) is 5.91 Å². The van der Waals surface area contributed by atoms with Crippen LogP contribution in [-0.4, -0.2) is 43.2 Å². The largest absolute Gasteiger partial charge is 0.406 e. The SMILES string of the molecule is CCCN(CC(F)(F)F)C(=O)C1(CCC)CCCNC1. The summed E-state index contributed by atoms with van der Waals surface area (Å²) in [5.74, 6) is -0.328. The third-order valence-electron chi connectivity index (χ3n) is 3.81. The summed E-state index contributed by atoms with van der Waals surface area (Å²) in [4.78, 5) is 13.7. The van der Waals surface area contributed by atoms with E-state index in [1.165, 1.54) is 0 Å². The first-order chi connectivity index (χ1) is 9.34. The van der Waals surface area contributed by atoms with Crippen LogP contribution in [0.15, 0.2) is 0 Å². The van der Waals surface area contributed by atoms with Gasteiger partial charge in [0.15, 0.2) is 0 Å². The van der Waals surface area contributed by atoms with Crippen molar-refractivity contribution in [3.8, 4) is 0 Å². The van der Waals surface area contributed by atoms with Gasteiger partial charge in [0, 0.05) is 13.1 Å². The summed E-state index contributed by atoms with van der Waals surface area (Å²) in [5, 5.41) is 3.17. The van der Waals surface area contributed by atoms with Crippen LogP contribution in [0.4, 0.5) is 13.2 Å². The van der Waals surface area contributed by atoms with Crippen LogP contribution < -0.4 is 5.32 Å². The Morgan fingerprint density at radius 1 is 1.30 bits per heavy atom. The molecule has 0 aliphatic carbocycles. The Morgan fingerprint density at radius 3 is 2.45 bits per heavy atom. The van der Waals surface area contributed by atoms with E-state index in [2.05, 4.69) is 5.32 Å². The van der Waals surface area contributed by atoms with Gasteiger partial charge in [-0.25, -0.2) is 0 Å². The van der Waals surface area contributed by atoms with E-state index < -0.39 is 18.1 Å². The van der Waals surface area contributed by atoms with Crippen LogP contribution in [0.1, 0.15) is 46.0 Å². The fraction of sp³-hybridized carbons (Fsp3) is 0.929. The lowest BCUT2D eigenvalue weighted by Gasteiger charge is -2.40. The molecule has 1 N–H and O–H groups in total. The Hall–Kier alpha value is -0.780. The molecule has 1 unspecified atom stereocenters. The average molecular weight is 294 g/mol. The lowest BCUT2D eigenvalue weighted by Crippen LogP contribution is -2.53. The molecule has 0 radical (unpaired) electrons. The van der Waals surface area contributed by atoms with Gasteiger partial charge in [-0.3, -0.25) is 4.79 Å². The average Bonchev–Trinajstić information content (AvgIpc) is 2.37. The molecule has 0 saturated carbocycles. The number of hydrogen-bond donors (Lipinski definition) is 1. The fourth-order valence-corrected chi connectivity index (χ4v) is 3.02. The number of halogens is 3. The minimum atomic E-state index is -4.33. The predicted octanol–water partition coefficient (Wildman–Crippen LogP) is 2.96. The molecule has 1 aliphatic heterocycles. The van der Waals surface area contributed by atoms with E-state index in [9.17, 15) is 18.0 Å². The first-order valence-electron chi connectivity index (χ1n) is 7.41. The first-order valence-corrected chi connectivity index (χ1v) is 7.41. The molecule has 1 heterocycles. The van der Waals surface area contributed by atoms with Gasteiger partial charge < -0.3 is 10.2 Å². The number of hydrogen-bond acceptors (Lipinski definition) is 2. The van der Waals surface area contributed by atoms with Crippen LogP contribution in [0.5, 0.6) is 0 Å². The van der Waals surface area contributed by atoms with Gasteiger partial charge in [0.1, 0.15) is 6.54 Å². The van der Waals surface area contributed by atoms with E-state index in [4.69, 9.17) is 0 Å². The summed E-state index contributed by atoms with van der Waals surface area (Å²) >= 11 is 0. The second-order valence-corrected chi connectivity index (χ2v) is 5.65. The molecule has 20 heavy (non-hydrogen) atoms. The lowest BCUT2D eigenvalue weighted by molar-refractivity contribution is -0.169. The topological polar surface area (TPSA) is 32.3 Å². The Morgan fingerprint density at radius 2 is 2.00 bits per heavy atom. The van der Waals surface area contributed by atoms with Crippen molar-refractivity contribution in [3.05, 3.63) is 0 Å². The van der Waals surface area contributed by atoms with Crippen molar-refractivity contribution in [3.63, 3.8) is 0 Å². The number of amides is 1. The smallest absolute Gasteiger partial charge is 0.333 e. The highest BCUT2D eigenvalue weighted by molar-refractivity contribution is 5.83. The van der Waals surface area contributed by atoms with Gasteiger partial charge in [-0.05, 0) is 32.2 Å². The summed E-state index contributed by atoms with van der Waals surface area (Å²) in [5.41, 5.74) is -0.645. The number of piperidine rings is 1. The van der Waals surface area contributed by atoms with E-state index >= 15 is 0 Å². The molecule has 0 bridgehead atoms. The van der Waals surface area contributed by atoms with Crippen LogP contribution in [0, 0.1) is 5.41 Å². The van der Waals surface area contributed by atoms with Gasteiger partial charge in [-0.1, -0.05) is 20.3 Å². The van der Waals surface area contributed by atoms with Crippen molar-refractivity contribution in [2.75, 3.05) is 26.2 Å². The van der Waals surface area contributed by atoms with Crippen molar-refractivity contribution in [2.45, 2.75) is 52.1 Å². The third kappa shape index (κ3) is 4.65. The van der Waals surface area contributed by atoms with Gasteiger partial charge in [-0.15, -0.1) is 0 Å². The lowest BCUT2D eigenvalue weighted by atomic mass is 9.75. The Bertz CT molecular complexity index is 307. The summed E-state index contributed by atoms with van der Waals surface area (Å²) in [6, 6.07) is 0. The molecule has 0 aromatic heterocycles. The van der Waals surface area contributed by atoms with Crippen molar-refractivity contribution >= 4 is 5.91 Å². The van der Waals surface area contributed by atoms with Crippen molar-refractivity contribution in [1.82, 2.24) is 10.2 Å². The first kappa shape index (κ1) is 17.3. The molecule has 0 aromatic carbocycles. The quantitative estimate of drug-likeness (QED) is 0.817. The highest BCUT2D eigenvalue weighted by Gasteiger charge is 2.43. The van der Waals surface area contributed by atoms with Crippen LogP contribution in [0.3, 0.4) is 0 Å². The molecule has 118 valence electrons. The molecule has 1 amide bonds. The second-order valence-electron chi connectivity index (χ2n) is 5.65. The molecule has 1 rings (SSSR count). The van der Waals surface area contributed by atoms with E-state index in [0.29, 0.717) is 25.8 Å². The molecule has 1 fully saturated rings. The van der Waals surface area contributed by atoms with Crippen molar-refractivity contribution in [2.24, 2.45) is 5.41 Å². The van der Waals surface area contributed by atoms with Crippen molar-refractivity contribution in [1.29, 1.82) is 0 Å². The molecule has 1 saturated heterocycles. The molecule has 6 heteroatoms. The standard InChI is InChI=1S/C14H25F3N2O/c1-3-6-13(7-5-8-18-10-13)12(20)19(9-4-2)11-14(15,16)17/h18H,3-11H2,1-2H3. The predicted molar refractivity (Wildman–Crippen MR) is 72.4 cm³/mol. The summed E-state index contributed by atoms with van der Waals surface area (Å²) in [6.45, 7) is 4.14. The van der Waals surface area contributed by atoms with Gasteiger partial charge >= 0.3 is 6.18 Å². The van der Waals surface area contributed by atoms with E-state index in [1.807, 2.05) is 6.92 Å². The van der Waals surface area contributed by atoms with Crippen LogP contribution in [-0.2, 0) is 4.79 Å². The van der Waals surface area contributed by atoms with Crippen LogP contribution in [0.25, 0.3) is 0 Å². The number of rotatable bonds is 6. The highest BCUT2D eigenvalue weighted by atomic mass is 19.4. The number of carbonyl (C=O) groups excluding carboxylic acids is 1. The Balaban J connectivity index is 2.88. The van der Waals surface area contributed by atoms with E-state index in [1.54, 1.807) is 6.92 Å². The number of nitrogens with one attached hydrogen (secondary N) is 1. The monoisotopic (exact) mass is 294 g/mol. The number of alkyl halides is 3. The maximum absolute atomic E-state index is 12.7. The molecule has 1 aliphatic rings. The van der Waals surface area contributed by atoms with Crippen LogP contribution in [0.2, 0.25) is 0 Å². The summed E-state index contributed by atoms with van der Waals surface area (Å²) in [7, 11) is 0. The maximum Gasteiger partial charge on any atom is 0.406 e. The Labute approximate surface area is 118 Å². The van der Waals surface area contributed by atoms with Gasteiger partial charge in [-0.2, -0.15) is 13.2 Å². The zero-order chi connectivity index (χ0) is 15.2. The minimum absolute atomic E-state index is 0.170. The molecule has 0 aromatic rings. The zero-order valence-corrected chi connectivity index (χ0v) is 12.4. The summed E-state index contributed by atoms with van der Waals surface area (Å²) in [6.07, 6.45) is -0.809. The molecule has 0 spiro atoms. The second kappa shape index (κ2) is 7.29. The number of nitrogens with zero attached hydrogens (tertiary/aromatic N) is 1. The third-order valence-corrected chi connectivity index (χ3v) is 3.81. The Kier molecular flexibility index (Phi) is 6.30. The van der Waals surface area contributed by atoms with E-state index in [0.717, 1.165) is 24.3 Å². The molecule has 3 nitrogen and oxygen atoms in total. The zero-order valence-electron chi connectivity index (χ0n) is 12.4. The van der Waals surface area contributed by atoms with Gasteiger partial charge in [0.05, 0.1) is 5.41 Å². The fourth-order valence-electron chi connectivity index (χ4n) is 3.02. The summed E-state index contributed by atoms with van der Waals surface area (Å²) < 4.78 is 38.0. The normalized spacial score (nSPS) is 23.6. The number of carbonyl (C=O) groups is 1. The van der Waals surface area contributed by atoms with Gasteiger partial charge in [0.25, 0.3) is 0 Å². The van der Waals surface area contributed by atoms with E-state index in [-0.39, 0.29) is 12.5 Å². The molecular weight excluding hydrogens is 269 g/mol. The molecular formula is C14H25F3N2O. The van der Waals surface area contributed by atoms with Crippen LogP contribution >= 0.6 is 0 Å². The van der Waals surface area contributed by atoms with Crippen molar-refractivity contribution < 1.29 is 18.0 Å².